The van der Waals surface area contributed by atoms with Gasteiger partial charge < -0.3 is 18.8 Å². The van der Waals surface area contributed by atoms with Crippen LogP contribution in [-0.2, 0) is 25.8 Å². The number of benzene rings is 2. The summed E-state index contributed by atoms with van der Waals surface area (Å²) in [6, 6.07) is 9.79. The predicted octanol–water partition coefficient (Wildman–Crippen LogP) is 3.19. The zero-order valence-electron chi connectivity index (χ0n) is 17.6. The molecule has 2 heterocycles. The van der Waals surface area contributed by atoms with Crippen molar-refractivity contribution in [1.29, 1.82) is 0 Å². The largest absolute Gasteiger partial charge is 0.494 e. The summed E-state index contributed by atoms with van der Waals surface area (Å²) in [6.07, 6.45) is 2.63. The Bertz CT molecular complexity index is 1170. The fourth-order valence-corrected chi connectivity index (χ4v) is 5.23. The van der Waals surface area contributed by atoms with Crippen molar-refractivity contribution in [2.75, 3.05) is 44.4 Å². The second-order valence-corrected chi connectivity index (χ2v) is 10.1. The molecule has 0 saturated carbocycles. The normalized spacial score (nSPS) is 16.5. The van der Waals surface area contributed by atoms with Crippen molar-refractivity contribution in [3.63, 3.8) is 0 Å². The van der Waals surface area contributed by atoms with Crippen molar-refractivity contribution < 1.29 is 27.1 Å². The lowest BCUT2D eigenvalue weighted by Crippen LogP contribution is -2.40. The average Bonchev–Trinajstić information content (AvgIpc) is 3.15. The van der Waals surface area contributed by atoms with Gasteiger partial charge in [-0.25, -0.2) is 8.42 Å². The molecule has 0 amide bonds. The summed E-state index contributed by atoms with van der Waals surface area (Å²) < 4.78 is 39.6. The van der Waals surface area contributed by atoms with E-state index in [4.69, 9.17) is 13.9 Å². The third-order valence-corrected chi connectivity index (χ3v) is 7.18. The van der Waals surface area contributed by atoms with Gasteiger partial charge >= 0.3 is 5.97 Å². The van der Waals surface area contributed by atoms with Crippen molar-refractivity contribution >= 4 is 37.5 Å². The summed E-state index contributed by atoms with van der Waals surface area (Å²) in [5.74, 6) is 1.01. The average molecular weight is 446 g/mol. The van der Waals surface area contributed by atoms with Crippen LogP contribution in [0.25, 0.3) is 21.7 Å². The van der Waals surface area contributed by atoms with Crippen LogP contribution in [0.15, 0.2) is 41.0 Å². The second kappa shape index (κ2) is 9.28. The first-order valence-corrected chi connectivity index (χ1v) is 12.4. The molecule has 0 atom stereocenters. The maximum absolute atomic E-state index is 11.9. The quantitative estimate of drug-likeness (QED) is 0.389. The van der Waals surface area contributed by atoms with Crippen LogP contribution in [0.1, 0.15) is 18.9 Å². The SMILES string of the molecule is CCOC(=O)Cc1coc2ccc3cc(OCCCN4CCS(=O)(=O)CC4)ccc3c12. The van der Waals surface area contributed by atoms with Gasteiger partial charge in [-0.3, -0.25) is 4.79 Å². The van der Waals surface area contributed by atoms with Crippen molar-refractivity contribution in [2.45, 2.75) is 19.8 Å². The van der Waals surface area contributed by atoms with E-state index in [1.54, 1.807) is 13.2 Å². The van der Waals surface area contributed by atoms with Crippen molar-refractivity contribution in [1.82, 2.24) is 4.90 Å². The van der Waals surface area contributed by atoms with Crippen molar-refractivity contribution in [2.24, 2.45) is 0 Å². The van der Waals surface area contributed by atoms with Crippen LogP contribution in [0, 0.1) is 0 Å². The number of furan rings is 1. The van der Waals surface area contributed by atoms with Crippen LogP contribution in [-0.4, -0.2) is 63.6 Å². The molecule has 0 bridgehead atoms. The van der Waals surface area contributed by atoms with E-state index in [2.05, 4.69) is 4.90 Å². The third kappa shape index (κ3) is 5.19. The number of nitrogens with zero attached hydrogens (tertiary/aromatic N) is 1. The Labute approximate surface area is 181 Å². The monoisotopic (exact) mass is 445 g/mol. The molecule has 7 nitrogen and oxygen atoms in total. The van der Waals surface area contributed by atoms with Gasteiger partial charge in [-0.1, -0.05) is 6.07 Å². The standard InChI is InChI=1S/C23H27NO6S/c1-2-28-22(25)15-18-16-30-21-7-4-17-14-19(5-6-20(17)23(18)21)29-11-3-8-24-9-12-31(26,27)13-10-24/h4-7,14,16H,2-3,8-13,15H2,1H3. The highest BCUT2D eigenvalue weighted by Gasteiger charge is 2.21. The Morgan fingerprint density at radius 2 is 1.97 bits per heavy atom. The highest BCUT2D eigenvalue weighted by molar-refractivity contribution is 7.91. The van der Waals surface area contributed by atoms with Crippen LogP contribution in [0.4, 0.5) is 0 Å². The fraction of sp³-hybridized carbons (Fsp3) is 0.435. The molecular formula is C23H27NO6S. The number of fused-ring (bicyclic) bond motifs is 3. The lowest BCUT2D eigenvalue weighted by Gasteiger charge is -2.26. The number of esters is 1. The van der Waals surface area contributed by atoms with Crippen LogP contribution in [0.5, 0.6) is 5.75 Å². The first-order valence-electron chi connectivity index (χ1n) is 10.6. The Morgan fingerprint density at radius 1 is 1.16 bits per heavy atom. The fourth-order valence-electron chi connectivity index (χ4n) is 3.95. The first-order chi connectivity index (χ1) is 14.9. The molecule has 0 unspecified atom stereocenters. The molecule has 0 N–H and O–H groups in total. The minimum atomic E-state index is -2.84. The maximum Gasteiger partial charge on any atom is 0.310 e. The third-order valence-electron chi connectivity index (χ3n) is 5.57. The molecule has 0 radical (unpaired) electrons. The number of carbonyl (C=O) groups excluding carboxylic acids is 1. The van der Waals surface area contributed by atoms with Gasteiger partial charge in [0.2, 0.25) is 0 Å². The first kappa shape index (κ1) is 21.6. The maximum atomic E-state index is 11.9. The summed E-state index contributed by atoms with van der Waals surface area (Å²) in [7, 11) is -2.84. The number of hydrogen-bond donors (Lipinski definition) is 0. The Morgan fingerprint density at radius 3 is 2.74 bits per heavy atom. The highest BCUT2D eigenvalue weighted by atomic mass is 32.2. The molecule has 4 rings (SSSR count). The van der Waals surface area contributed by atoms with E-state index in [0.29, 0.717) is 26.3 Å². The second-order valence-electron chi connectivity index (χ2n) is 7.76. The number of sulfone groups is 1. The molecule has 0 aliphatic carbocycles. The zero-order chi connectivity index (χ0) is 21.8. The Kier molecular flexibility index (Phi) is 6.48. The highest BCUT2D eigenvalue weighted by Crippen LogP contribution is 2.32. The van der Waals surface area contributed by atoms with E-state index in [-0.39, 0.29) is 23.9 Å². The van der Waals surface area contributed by atoms with Gasteiger partial charge in [-0.15, -0.1) is 0 Å². The molecule has 2 aromatic carbocycles. The Balaban J connectivity index is 1.40. The van der Waals surface area contributed by atoms with Gasteiger partial charge in [0.1, 0.15) is 11.3 Å². The number of carbonyl (C=O) groups is 1. The number of rotatable bonds is 8. The zero-order valence-corrected chi connectivity index (χ0v) is 18.4. The molecule has 31 heavy (non-hydrogen) atoms. The number of hydrogen-bond acceptors (Lipinski definition) is 7. The van der Waals surface area contributed by atoms with Gasteiger partial charge in [0.05, 0.1) is 37.4 Å². The van der Waals surface area contributed by atoms with Crippen LogP contribution < -0.4 is 4.74 Å². The molecule has 166 valence electrons. The molecule has 8 heteroatoms. The predicted molar refractivity (Wildman–Crippen MR) is 119 cm³/mol. The van der Waals surface area contributed by atoms with Gasteiger partial charge in [0.25, 0.3) is 0 Å². The smallest absolute Gasteiger partial charge is 0.310 e. The molecule has 3 aromatic rings. The van der Waals surface area contributed by atoms with Crippen LogP contribution in [0.2, 0.25) is 0 Å². The Hall–Kier alpha value is -2.58. The van der Waals surface area contributed by atoms with E-state index in [1.165, 1.54) is 0 Å². The van der Waals surface area contributed by atoms with E-state index in [9.17, 15) is 13.2 Å². The molecule has 1 aliphatic rings. The summed E-state index contributed by atoms with van der Waals surface area (Å²) in [5, 5.41) is 2.95. The van der Waals surface area contributed by atoms with Crippen molar-refractivity contribution in [3.8, 4) is 5.75 Å². The summed E-state index contributed by atoms with van der Waals surface area (Å²) >= 11 is 0. The van der Waals surface area contributed by atoms with E-state index in [1.807, 2.05) is 30.3 Å². The summed E-state index contributed by atoms with van der Waals surface area (Å²) in [5.41, 5.74) is 1.56. The molecule has 1 saturated heterocycles. The lowest BCUT2D eigenvalue weighted by molar-refractivity contribution is -0.142. The molecule has 1 aliphatic heterocycles. The topological polar surface area (TPSA) is 86.1 Å². The van der Waals surface area contributed by atoms with Gasteiger partial charge in [0.15, 0.2) is 9.84 Å². The number of ether oxygens (including phenoxy) is 2. The lowest BCUT2D eigenvalue weighted by atomic mass is 10.0. The summed E-state index contributed by atoms with van der Waals surface area (Å²) in [4.78, 5) is 14.1. The van der Waals surface area contributed by atoms with Crippen LogP contribution in [0.3, 0.4) is 0 Å². The molecular weight excluding hydrogens is 418 g/mol. The molecule has 1 aromatic heterocycles. The minimum absolute atomic E-state index is 0.177. The van der Waals surface area contributed by atoms with E-state index >= 15 is 0 Å². The van der Waals surface area contributed by atoms with E-state index in [0.717, 1.165) is 46.0 Å². The van der Waals surface area contributed by atoms with Gasteiger partial charge in [0, 0.05) is 30.6 Å². The van der Waals surface area contributed by atoms with Gasteiger partial charge in [-0.2, -0.15) is 0 Å². The van der Waals surface area contributed by atoms with Crippen LogP contribution >= 0.6 is 0 Å². The van der Waals surface area contributed by atoms with Crippen molar-refractivity contribution in [3.05, 3.63) is 42.2 Å². The minimum Gasteiger partial charge on any atom is -0.494 e. The summed E-state index contributed by atoms with van der Waals surface area (Å²) in [6.45, 7) is 4.75. The van der Waals surface area contributed by atoms with E-state index < -0.39 is 9.84 Å². The molecule has 0 spiro atoms. The van der Waals surface area contributed by atoms with Gasteiger partial charge in [-0.05, 0) is 48.4 Å². The molecule has 1 fully saturated rings.